The number of nitrogens with zero attached hydrogens (tertiary/aromatic N) is 4. The first-order chi connectivity index (χ1) is 70.0. The van der Waals surface area contributed by atoms with E-state index in [4.69, 9.17) is 0 Å². The number of pyridine rings is 4. The van der Waals surface area contributed by atoms with Gasteiger partial charge in [-0.1, -0.05) is 352 Å². The van der Waals surface area contributed by atoms with Crippen molar-refractivity contribution in [2.24, 2.45) is 0 Å². The van der Waals surface area contributed by atoms with Crippen LogP contribution in [0.15, 0.2) is 650 Å². The number of hydrogen-bond donors (Lipinski definition) is 0. The molecule has 0 N–H and O–H groups in total. The van der Waals surface area contributed by atoms with E-state index in [2.05, 4.69) is 578 Å². The number of fused-ring (bicyclic) bond motifs is 2. The Kier molecular flexibility index (Phi) is 53.5. The molecule has 738 valence electrons. The van der Waals surface area contributed by atoms with Crippen LogP contribution in [-0.2, 0) is 51.2 Å². The first-order valence-electron chi connectivity index (χ1n) is 47.5. The molecule has 0 aliphatic rings. The van der Waals surface area contributed by atoms with Crippen molar-refractivity contribution in [2.45, 2.75) is 6.92 Å². The average molecular weight is 2170 g/mol. The molecule has 0 amide bonds. The second kappa shape index (κ2) is 67.3. The standard InChI is InChI=1S/6C18H15P.C9H7N.C8H6N2.C6H7N.3CH3.3Cu/c6*1-4-10-16(11-5-1)19(17-12-6-2-7-13-17)18-14-8-3-9-15-18;1-2-4-9-7-10-6-5-8(9)3-1;1-2-7-6-9-5-3-8(7)10-4-1;1-6-2-4-7-5-3-6;;;;;;/h6*1-15H;1-7H;1-6H;2-5H,1H3;3*1H3;;;/q;;;;;;;;;3*-1;3*+1/p+6. The third kappa shape index (κ3) is 37.1. The van der Waals surface area contributed by atoms with Gasteiger partial charge in [0.1, 0.15) is 95.5 Å². The molecule has 147 heavy (non-hydrogen) atoms. The van der Waals surface area contributed by atoms with Crippen LogP contribution in [0.1, 0.15) is 5.56 Å². The van der Waals surface area contributed by atoms with Crippen LogP contribution in [-0.4, -0.2) is 19.9 Å². The summed E-state index contributed by atoms with van der Waals surface area (Å²) >= 11 is 0. The van der Waals surface area contributed by atoms with Crippen LogP contribution < -0.4 is 95.5 Å². The van der Waals surface area contributed by atoms with Crippen LogP contribution in [0.3, 0.4) is 0 Å². The number of aryl methyl sites for hydroxylation is 1. The summed E-state index contributed by atoms with van der Waals surface area (Å²) in [5.74, 6) is 0. The molecule has 0 aliphatic heterocycles. The van der Waals surface area contributed by atoms with Crippen molar-refractivity contribution in [2.75, 3.05) is 0 Å². The van der Waals surface area contributed by atoms with E-state index in [1.54, 1.807) is 24.8 Å². The van der Waals surface area contributed by atoms with Gasteiger partial charge in [0, 0.05) is 48.8 Å². The largest absolute Gasteiger partial charge is 1.00 e. The van der Waals surface area contributed by atoms with Gasteiger partial charge in [0.25, 0.3) is 0 Å². The second-order valence-corrected chi connectivity index (χ2v) is 47.5. The summed E-state index contributed by atoms with van der Waals surface area (Å²) in [6.07, 6.45) is 12.6. The van der Waals surface area contributed by atoms with Gasteiger partial charge in [-0.25, -0.2) is 0 Å². The molecule has 23 rings (SSSR count). The monoisotopic (exact) mass is 2160 g/mol. The van der Waals surface area contributed by atoms with Crippen LogP contribution in [0.2, 0.25) is 0 Å². The Morgan fingerprint density at radius 2 is 0.272 bits per heavy atom. The molecule has 4 aromatic heterocycles. The van der Waals surface area contributed by atoms with Crippen molar-refractivity contribution in [3.63, 3.8) is 0 Å². The Balaban J connectivity index is 0.000000185. The number of aromatic nitrogens is 4. The van der Waals surface area contributed by atoms with Gasteiger partial charge >= 0.3 is 51.2 Å². The number of hydrogen-bond acceptors (Lipinski definition) is 4. The van der Waals surface area contributed by atoms with E-state index < -0.39 is 47.5 Å². The van der Waals surface area contributed by atoms with Gasteiger partial charge in [-0.2, -0.15) is 0 Å². The van der Waals surface area contributed by atoms with Crippen molar-refractivity contribution in [1.29, 1.82) is 0 Å². The molecule has 4 nitrogen and oxygen atoms in total. The molecule has 0 atom stereocenters. The summed E-state index contributed by atoms with van der Waals surface area (Å²) in [5, 5.41) is 29.4. The molecule has 4 heterocycles. The maximum Gasteiger partial charge on any atom is 1.00 e. The van der Waals surface area contributed by atoms with E-state index >= 15 is 0 Å². The Morgan fingerprint density at radius 1 is 0.129 bits per heavy atom. The Bertz CT molecular complexity index is 5630. The van der Waals surface area contributed by atoms with Gasteiger partial charge in [-0.15, -0.1) is 0 Å². The molecule has 0 aliphatic carbocycles. The van der Waals surface area contributed by atoms with Gasteiger partial charge in [0.15, 0.2) is 0 Å². The summed E-state index contributed by atoms with van der Waals surface area (Å²) < 4.78 is 0. The maximum absolute atomic E-state index is 4.14. The van der Waals surface area contributed by atoms with Crippen molar-refractivity contribution in [3.8, 4) is 0 Å². The molecule has 19 aromatic carbocycles. The molecule has 23 aromatic rings. The predicted octanol–water partition coefficient (Wildman–Crippen LogP) is 25.7. The topological polar surface area (TPSA) is 51.6 Å². The zero-order valence-corrected chi connectivity index (χ0v) is 91.8. The second-order valence-electron chi connectivity index (χ2n) is 32.7. The first-order valence-corrected chi connectivity index (χ1v) is 56.5. The fourth-order valence-electron chi connectivity index (χ4n) is 16.3. The third-order valence-corrected chi connectivity index (χ3v) is 39.3. The molecule has 0 fully saturated rings. The van der Waals surface area contributed by atoms with E-state index in [9.17, 15) is 0 Å². The molecule has 0 radical (unpaired) electrons. The van der Waals surface area contributed by atoms with E-state index in [-0.39, 0.29) is 73.5 Å². The normalized spacial score (nSPS) is 9.98. The fourth-order valence-corrected chi connectivity index (χ4v) is 31.7. The minimum absolute atomic E-state index is 0. The van der Waals surface area contributed by atoms with Crippen molar-refractivity contribution in [3.05, 3.63) is 678 Å². The molecule has 0 unspecified atom stereocenters. The van der Waals surface area contributed by atoms with Crippen molar-refractivity contribution in [1.82, 2.24) is 19.9 Å². The summed E-state index contributed by atoms with van der Waals surface area (Å²) in [5.41, 5.74) is 2.26. The molecular weight excluding hydrogens is 2040 g/mol. The van der Waals surface area contributed by atoms with Crippen LogP contribution in [0.25, 0.3) is 21.7 Å². The molecule has 0 bridgehead atoms. The van der Waals surface area contributed by atoms with Crippen molar-refractivity contribution < 1.29 is 51.2 Å². The minimum Gasteiger partial charge on any atom is -0.358 e. The van der Waals surface area contributed by atoms with Gasteiger partial charge in [-0.3, -0.25) is 19.9 Å². The van der Waals surface area contributed by atoms with Gasteiger partial charge in [-0.05, 0) is 278 Å². The minimum atomic E-state index is -0.877. The number of rotatable bonds is 18. The fraction of sp³-hybridized carbons (Fsp3) is 0.00746. The van der Waals surface area contributed by atoms with Gasteiger partial charge < -0.3 is 22.3 Å². The zero-order chi connectivity index (χ0) is 96.2. The molecule has 0 saturated heterocycles. The SMILES string of the molecule is Cc1ccncc1.[CH3-].[CH3-].[CH3-].[Cu+].[Cu+].[Cu+].c1ccc([PH+](c2ccccc2)c2ccccc2)cc1.c1ccc([PH+](c2ccccc2)c2ccccc2)cc1.c1ccc([PH+](c2ccccc2)c2ccccc2)cc1.c1ccc([PH+](c2ccccc2)c2ccccc2)cc1.c1ccc([PH+](c2ccccc2)c2ccccc2)cc1.c1ccc([PH+](c2ccccc2)c2ccccc2)cc1.c1ccc2cnccc2c1.c1cnc2ccncc2c1. The van der Waals surface area contributed by atoms with Gasteiger partial charge in [0.2, 0.25) is 0 Å². The predicted molar refractivity (Wildman–Crippen MR) is 649 cm³/mol. The smallest absolute Gasteiger partial charge is 0.358 e. The summed E-state index contributed by atoms with van der Waals surface area (Å²) in [7, 11) is -5.26. The Hall–Kier alpha value is -13.6. The van der Waals surface area contributed by atoms with E-state index in [0.717, 1.165) is 10.9 Å². The van der Waals surface area contributed by atoms with Crippen molar-refractivity contribution >= 4 is 165 Å². The summed E-state index contributed by atoms with van der Waals surface area (Å²) in [6, 6.07) is 215. The van der Waals surface area contributed by atoms with Crippen LogP contribution in [0.5, 0.6) is 0 Å². The quantitative estimate of drug-likeness (QED) is 0.0488. The molecule has 0 saturated carbocycles. The van der Waals surface area contributed by atoms with Crippen LogP contribution >= 0.6 is 47.5 Å². The molecule has 0 spiro atoms. The Labute approximate surface area is 912 Å². The van der Waals surface area contributed by atoms with E-state index in [1.807, 2.05) is 74.0 Å². The summed E-state index contributed by atoms with van der Waals surface area (Å²) in [6.45, 7) is 2.04. The summed E-state index contributed by atoms with van der Waals surface area (Å²) in [4.78, 5) is 16.0. The van der Waals surface area contributed by atoms with E-state index in [1.165, 1.54) is 112 Å². The Morgan fingerprint density at radius 3 is 0.429 bits per heavy atom. The number of benzene rings is 19. The van der Waals surface area contributed by atoms with Crippen LogP contribution in [0.4, 0.5) is 0 Å². The molecule has 13 heteroatoms. The van der Waals surface area contributed by atoms with Crippen LogP contribution in [0, 0.1) is 29.2 Å². The average Bonchev–Trinajstić information content (AvgIpc) is 0.835. The first kappa shape index (κ1) is 117. The zero-order valence-electron chi connectivity index (χ0n) is 83.0. The van der Waals surface area contributed by atoms with Gasteiger partial charge in [0.05, 0.1) is 53.0 Å². The molecular formula is C134H125Cu3N4P6+6. The van der Waals surface area contributed by atoms with E-state index in [0.29, 0.717) is 0 Å². The maximum atomic E-state index is 4.14. The third-order valence-electron chi connectivity index (χ3n) is 22.9.